The number of nitrogens with one attached hydrogen (secondary N) is 1. The number of fused-ring (bicyclic) bond motifs is 1. The van der Waals surface area contributed by atoms with Crippen LogP contribution >= 0.6 is 15.9 Å². The van der Waals surface area contributed by atoms with Crippen LogP contribution in [-0.2, 0) is 14.3 Å². The van der Waals surface area contributed by atoms with E-state index in [2.05, 4.69) is 21.2 Å². The molecule has 0 radical (unpaired) electrons. The molecule has 0 unspecified atom stereocenters. The van der Waals surface area contributed by atoms with Crippen LogP contribution < -0.4 is 10.2 Å². The number of benzene rings is 1. The molecule has 1 N–H and O–H groups in total. The first-order valence-corrected chi connectivity index (χ1v) is 6.38. The van der Waals surface area contributed by atoms with Gasteiger partial charge in [-0.25, -0.2) is 0 Å². The summed E-state index contributed by atoms with van der Waals surface area (Å²) in [5.41, 5.74) is 1.33. The van der Waals surface area contributed by atoms with Crippen molar-refractivity contribution in [3.05, 3.63) is 22.7 Å². The minimum absolute atomic E-state index is 0.0146. The first kappa shape index (κ1) is 13.0. The van der Waals surface area contributed by atoms with Crippen LogP contribution in [0.5, 0.6) is 0 Å². The number of nitrogens with zero attached hydrogens (tertiary/aromatic N) is 1. The van der Waals surface area contributed by atoms with Crippen molar-refractivity contribution in [2.75, 3.05) is 30.0 Å². The lowest BCUT2D eigenvalue weighted by Gasteiger charge is -2.29. The fourth-order valence-corrected chi connectivity index (χ4v) is 2.11. The quantitative estimate of drug-likeness (QED) is 0.925. The largest absolute Gasteiger partial charge is 0.372 e. The van der Waals surface area contributed by atoms with Crippen LogP contribution in [0.25, 0.3) is 0 Å². The average molecular weight is 313 g/mol. The SMILES string of the molecule is CCOCC(=O)N1CC(=O)Nc2cc(Br)ccc21. The van der Waals surface area contributed by atoms with Crippen molar-refractivity contribution in [1.29, 1.82) is 0 Å². The molecule has 0 spiro atoms. The van der Waals surface area contributed by atoms with Crippen LogP contribution in [0.15, 0.2) is 22.7 Å². The zero-order chi connectivity index (χ0) is 13.1. The molecule has 0 aromatic heterocycles. The summed E-state index contributed by atoms with van der Waals surface area (Å²) in [5.74, 6) is -0.416. The van der Waals surface area contributed by atoms with E-state index in [1.165, 1.54) is 4.90 Å². The summed E-state index contributed by atoms with van der Waals surface area (Å²) in [5, 5.41) is 2.74. The number of hydrogen-bond donors (Lipinski definition) is 1. The maximum atomic E-state index is 12.0. The van der Waals surface area contributed by atoms with Crippen molar-refractivity contribution in [3.8, 4) is 0 Å². The molecule has 0 saturated carbocycles. The highest BCUT2D eigenvalue weighted by molar-refractivity contribution is 9.10. The minimum atomic E-state index is -0.213. The van der Waals surface area contributed by atoms with E-state index in [0.29, 0.717) is 18.0 Å². The van der Waals surface area contributed by atoms with Crippen molar-refractivity contribution >= 4 is 39.1 Å². The number of rotatable bonds is 3. The summed E-state index contributed by atoms with van der Waals surface area (Å²) in [4.78, 5) is 25.0. The van der Waals surface area contributed by atoms with E-state index >= 15 is 0 Å². The van der Waals surface area contributed by atoms with Crippen molar-refractivity contribution in [2.45, 2.75) is 6.92 Å². The average Bonchev–Trinajstić information content (AvgIpc) is 2.34. The van der Waals surface area contributed by atoms with Crippen LogP contribution in [-0.4, -0.2) is 31.6 Å². The highest BCUT2D eigenvalue weighted by Gasteiger charge is 2.26. The second-order valence-electron chi connectivity index (χ2n) is 3.83. The summed E-state index contributed by atoms with van der Waals surface area (Å²) < 4.78 is 5.94. The van der Waals surface area contributed by atoms with E-state index in [0.717, 1.165) is 4.47 Å². The predicted octanol–water partition coefficient (Wildman–Crippen LogP) is 1.77. The molecule has 0 aliphatic carbocycles. The summed E-state index contributed by atoms with van der Waals surface area (Å²) in [6.45, 7) is 2.31. The highest BCUT2D eigenvalue weighted by atomic mass is 79.9. The fraction of sp³-hybridized carbons (Fsp3) is 0.333. The maximum absolute atomic E-state index is 12.0. The number of carbonyl (C=O) groups is 2. The Hall–Kier alpha value is -1.40. The topological polar surface area (TPSA) is 58.6 Å². The number of hydrogen-bond acceptors (Lipinski definition) is 3. The molecular weight excluding hydrogens is 300 g/mol. The van der Waals surface area contributed by atoms with Gasteiger partial charge in [0.2, 0.25) is 5.91 Å². The van der Waals surface area contributed by atoms with E-state index in [1.54, 1.807) is 12.1 Å². The van der Waals surface area contributed by atoms with Crippen LogP contribution in [0.4, 0.5) is 11.4 Å². The summed E-state index contributed by atoms with van der Waals surface area (Å²) in [7, 11) is 0. The third kappa shape index (κ3) is 2.70. The first-order chi connectivity index (χ1) is 8.61. The number of carbonyl (C=O) groups excluding carboxylic acids is 2. The van der Waals surface area contributed by atoms with Gasteiger partial charge in [0.1, 0.15) is 13.2 Å². The lowest BCUT2D eigenvalue weighted by atomic mass is 10.2. The molecule has 0 atom stereocenters. The molecule has 6 heteroatoms. The van der Waals surface area contributed by atoms with Crippen LogP contribution in [0.2, 0.25) is 0 Å². The van der Waals surface area contributed by atoms with E-state index in [1.807, 2.05) is 13.0 Å². The standard InChI is InChI=1S/C12H13BrN2O3/c1-2-18-7-12(17)15-6-11(16)14-9-5-8(13)3-4-10(9)15/h3-5H,2,6-7H2,1H3,(H,14,16). The Bertz CT molecular complexity index is 490. The van der Waals surface area contributed by atoms with Crippen molar-refractivity contribution < 1.29 is 14.3 Å². The first-order valence-electron chi connectivity index (χ1n) is 5.59. The second-order valence-corrected chi connectivity index (χ2v) is 4.74. The Labute approximate surface area is 113 Å². The minimum Gasteiger partial charge on any atom is -0.372 e. The van der Waals surface area contributed by atoms with Crippen LogP contribution in [0, 0.1) is 0 Å². The molecule has 2 amide bonds. The monoisotopic (exact) mass is 312 g/mol. The van der Waals surface area contributed by atoms with Gasteiger partial charge in [-0.05, 0) is 25.1 Å². The Morgan fingerprint density at radius 3 is 3.06 bits per heavy atom. The Kier molecular flexibility index (Phi) is 3.98. The normalized spacial score (nSPS) is 14.1. The van der Waals surface area contributed by atoms with E-state index in [4.69, 9.17) is 4.74 Å². The van der Waals surface area contributed by atoms with Gasteiger partial charge in [0.25, 0.3) is 5.91 Å². The van der Waals surface area contributed by atoms with Crippen molar-refractivity contribution in [2.24, 2.45) is 0 Å². The van der Waals surface area contributed by atoms with Gasteiger partial charge < -0.3 is 10.1 Å². The van der Waals surface area contributed by atoms with Crippen LogP contribution in [0.1, 0.15) is 6.92 Å². The summed E-state index contributed by atoms with van der Waals surface area (Å²) in [6.07, 6.45) is 0. The third-order valence-corrected chi connectivity index (χ3v) is 3.05. The van der Waals surface area contributed by atoms with Gasteiger partial charge >= 0.3 is 0 Å². The lowest BCUT2D eigenvalue weighted by molar-refractivity contribution is -0.125. The van der Waals surface area contributed by atoms with Crippen LogP contribution in [0.3, 0.4) is 0 Å². The third-order valence-electron chi connectivity index (χ3n) is 2.56. The molecule has 0 fully saturated rings. The molecular formula is C12H13BrN2O3. The number of halogens is 1. The van der Waals surface area contributed by atoms with Gasteiger partial charge in [-0.15, -0.1) is 0 Å². The Balaban J connectivity index is 2.28. The van der Waals surface area contributed by atoms with Gasteiger partial charge in [0, 0.05) is 11.1 Å². The summed E-state index contributed by atoms with van der Waals surface area (Å²) >= 11 is 3.33. The molecule has 96 valence electrons. The zero-order valence-corrected chi connectivity index (χ0v) is 11.5. The molecule has 1 aliphatic heterocycles. The zero-order valence-electron chi connectivity index (χ0n) is 9.90. The smallest absolute Gasteiger partial charge is 0.253 e. The molecule has 1 aliphatic rings. The van der Waals surface area contributed by atoms with Gasteiger partial charge in [-0.3, -0.25) is 14.5 Å². The Morgan fingerprint density at radius 2 is 2.33 bits per heavy atom. The highest BCUT2D eigenvalue weighted by Crippen LogP contribution is 2.32. The Morgan fingerprint density at radius 1 is 1.56 bits per heavy atom. The predicted molar refractivity (Wildman–Crippen MR) is 71.6 cm³/mol. The number of amides is 2. The molecule has 5 nitrogen and oxygen atoms in total. The van der Waals surface area contributed by atoms with Gasteiger partial charge in [-0.2, -0.15) is 0 Å². The summed E-state index contributed by atoms with van der Waals surface area (Å²) in [6, 6.07) is 5.40. The van der Waals surface area contributed by atoms with E-state index in [9.17, 15) is 9.59 Å². The molecule has 0 saturated heterocycles. The molecule has 18 heavy (non-hydrogen) atoms. The lowest BCUT2D eigenvalue weighted by Crippen LogP contribution is -2.43. The number of ether oxygens (including phenoxy) is 1. The fourth-order valence-electron chi connectivity index (χ4n) is 1.75. The van der Waals surface area contributed by atoms with E-state index in [-0.39, 0.29) is 25.0 Å². The van der Waals surface area contributed by atoms with Gasteiger partial charge in [0.15, 0.2) is 0 Å². The van der Waals surface area contributed by atoms with Gasteiger partial charge in [0.05, 0.1) is 11.4 Å². The molecule has 1 aromatic rings. The van der Waals surface area contributed by atoms with Crippen molar-refractivity contribution in [3.63, 3.8) is 0 Å². The van der Waals surface area contributed by atoms with Gasteiger partial charge in [-0.1, -0.05) is 15.9 Å². The van der Waals surface area contributed by atoms with Crippen molar-refractivity contribution in [1.82, 2.24) is 0 Å². The number of anilines is 2. The molecule has 0 bridgehead atoms. The second kappa shape index (κ2) is 5.49. The van der Waals surface area contributed by atoms with E-state index < -0.39 is 0 Å². The molecule has 1 aromatic carbocycles. The maximum Gasteiger partial charge on any atom is 0.253 e. The molecule has 2 rings (SSSR count). The molecule has 1 heterocycles.